The number of thioether (sulfide) groups is 1. The van der Waals surface area contributed by atoms with E-state index in [1.54, 1.807) is 11.3 Å². The Morgan fingerprint density at radius 3 is 3.00 bits per heavy atom. The molecule has 1 aromatic heterocycles. The van der Waals surface area contributed by atoms with Gasteiger partial charge in [-0.05, 0) is 19.8 Å². The summed E-state index contributed by atoms with van der Waals surface area (Å²) < 4.78 is 1.18. The molecule has 0 bridgehead atoms. The summed E-state index contributed by atoms with van der Waals surface area (Å²) in [7, 11) is 0. The first-order valence-electron chi connectivity index (χ1n) is 3.94. The van der Waals surface area contributed by atoms with Crippen molar-refractivity contribution in [2.45, 2.75) is 24.1 Å². The van der Waals surface area contributed by atoms with Gasteiger partial charge in [0.15, 0.2) is 0 Å². The minimum absolute atomic E-state index is 0.775. The van der Waals surface area contributed by atoms with Gasteiger partial charge >= 0.3 is 0 Å². The van der Waals surface area contributed by atoms with Crippen molar-refractivity contribution in [1.82, 2.24) is 4.98 Å². The molecule has 1 heterocycles. The molecular weight excluding hydrogens is 210 g/mol. The first-order valence-corrected chi connectivity index (χ1v) is 6.34. The van der Waals surface area contributed by atoms with E-state index in [9.17, 15) is 0 Å². The van der Waals surface area contributed by atoms with Crippen molar-refractivity contribution in [2.75, 3.05) is 11.6 Å². The van der Waals surface area contributed by atoms with E-state index in [2.05, 4.69) is 10.4 Å². The molecule has 0 N–H and O–H groups in total. The largest absolute Gasteiger partial charge is 0.235 e. The molecular formula is C8H12ClNS2. The van der Waals surface area contributed by atoms with Gasteiger partial charge in [-0.15, -0.1) is 22.9 Å². The van der Waals surface area contributed by atoms with E-state index in [0.29, 0.717) is 0 Å². The van der Waals surface area contributed by atoms with Crippen LogP contribution in [-0.2, 0) is 0 Å². The maximum absolute atomic E-state index is 5.57. The molecule has 0 radical (unpaired) electrons. The summed E-state index contributed by atoms with van der Waals surface area (Å²) in [4.78, 5) is 4.36. The summed E-state index contributed by atoms with van der Waals surface area (Å²) in [6.07, 6.45) is 2.30. The number of alkyl halides is 1. The highest BCUT2D eigenvalue weighted by Gasteiger charge is 1.97. The van der Waals surface area contributed by atoms with E-state index in [1.807, 2.05) is 18.7 Å². The first kappa shape index (κ1) is 10.4. The van der Waals surface area contributed by atoms with Crippen LogP contribution in [0.2, 0.25) is 0 Å². The topological polar surface area (TPSA) is 12.9 Å². The predicted molar refractivity (Wildman–Crippen MR) is 57.5 cm³/mol. The average molecular weight is 222 g/mol. The summed E-state index contributed by atoms with van der Waals surface area (Å²) in [6, 6.07) is 0. The fourth-order valence-electron chi connectivity index (χ4n) is 0.755. The highest BCUT2D eigenvalue weighted by molar-refractivity contribution is 8.00. The van der Waals surface area contributed by atoms with E-state index in [4.69, 9.17) is 11.6 Å². The van der Waals surface area contributed by atoms with Crippen molar-refractivity contribution in [1.29, 1.82) is 0 Å². The van der Waals surface area contributed by atoms with Gasteiger partial charge < -0.3 is 0 Å². The maximum Gasteiger partial charge on any atom is 0.150 e. The van der Waals surface area contributed by atoms with Crippen LogP contribution < -0.4 is 0 Å². The fraction of sp³-hybridized carbons (Fsp3) is 0.625. The monoisotopic (exact) mass is 221 g/mol. The molecule has 0 amide bonds. The van der Waals surface area contributed by atoms with Crippen LogP contribution >= 0.6 is 34.7 Å². The second-order valence-corrected chi connectivity index (χ2v) is 5.08. The fourth-order valence-corrected chi connectivity index (χ4v) is 2.86. The molecule has 1 nitrogen and oxygen atoms in total. The lowest BCUT2D eigenvalue weighted by molar-refractivity contribution is 0.902. The number of unbranched alkanes of at least 4 members (excludes halogenated alkanes) is 1. The predicted octanol–water partition coefficient (Wildman–Crippen LogP) is 3.56. The molecule has 4 heteroatoms. The maximum atomic E-state index is 5.57. The van der Waals surface area contributed by atoms with Crippen molar-refractivity contribution >= 4 is 34.7 Å². The van der Waals surface area contributed by atoms with E-state index >= 15 is 0 Å². The van der Waals surface area contributed by atoms with E-state index in [0.717, 1.165) is 23.7 Å². The van der Waals surface area contributed by atoms with Gasteiger partial charge in [-0.25, -0.2) is 4.98 Å². The Morgan fingerprint density at radius 2 is 2.42 bits per heavy atom. The van der Waals surface area contributed by atoms with Crippen molar-refractivity contribution in [2.24, 2.45) is 0 Å². The number of thiazole rings is 1. The quantitative estimate of drug-likeness (QED) is 0.429. The molecule has 0 aliphatic rings. The summed E-state index contributed by atoms with van der Waals surface area (Å²) in [5, 5.41) is 2.09. The molecule has 68 valence electrons. The molecule has 0 aliphatic heterocycles. The van der Waals surface area contributed by atoms with Crippen molar-refractivity contribution < 1.29 is 0 Å². The smallest absolute Gasteiger partial charge is 0.150 e. The summed E-state index contributed by atoms with van der Waals surface area (Å²) in [6.45, 7) is 2.03. The van der Waals surface area contributed by atoms with Crippen LogP contribution in [0.1, 0.15) is 18.5 Å². The Hall–Kier alpha value is 0.270. The van der Waals surface area contributed by atoms with Crippen LogP contribution in [0.4, 0.5) is 0 Å². The molecule has 1 aromatic rings. The molecule has 12 heavy (non-hydrogen) atoms. The van der Waals surface area contributed by atoms with Crippen molar-refractivity contribution in [3.8, 4) is 0 Å². The normalized spacial score (nSPS) is 10.5. The first-order chi connectivity index (χ1) is 5.83. The van der Waals surface area contributed by atoms with Crippen LogP contribution in [0.25, 0.3) is 0 Å². The van der Waals surface area contributed by atoms with Crippen molar-refractivity contribution in [3.63, 3.8) is 0 Å². The molecule has 0 saturated heterocycles. The van der Waals surface area contributed by atoms with Gasteiger partial charge in [0.2, 0.25) is 0 Å². The Bertz CT molecular complexity index is 225. The number of halogens is 1. The number of hydrogen-bond acceptors (Lipinski definition) is 3. The number of rotatable bonds is 5. The highest BCUT2D eigenvalue weighted by atomic mass is 35.5. The summed E-state index contributed by atoms with van der Waals surface area (Å²) >= 11 is 9.12. The number of aryl methyl sites for hydroxylation is 1. The molecule has 0 spiro atoms. The standard InChI is InChI=1S/C8H12ClNS2/c1-7-6-12-8(10-7)11-5-3-2-4-9/h6H,2-5H2,1H3. The molecule has 0 aliphatic carbocycles. The Balaban J connectivity index is 2.15. The number of hydrogen-bond donors (Lipinski definition) is 0. The summed E-state index contributed by atoms with van der Waals surface area (Å²) in [5.41, 5.74) is 1.12. The van der Waals surface area contributed by atoms with Crippen LogP contribution in [0.5, 0.6) is 0 Å². The van der Waals surface area contributed by atoms with Gasteiger partial charge in [-0.1, -0.05) is 11.8 Å². The molecule has 0 unspecified atom stereocenters. The second-order valence-electron chi connectivity index (χ2n) is 2.50. The molecule has 0 saturated carbocycles. The third-order valence-electron chi connectivity index (χ3n) is 1.35. The summed E-state index contributed by atoms with van der Waals surface area (Å²) in [5.74, 6) is 1.91. The van der Waals surface area contributed by atoms with Crippen LogP contribution in [-0.4, -0.2) is 16.6 Å². The van der Waals surface area contributed by atoms with E-state index < -0.39 is 0 Å². The van der Waals surface area contributed by atoms with Crippen molar-refractivity contribution in [3.05, 3.63) is 11.1 Å². The SMILES string of the molecule is Cc1csc(SCCCCCl)n1. The zero-order valence-corrected chi connectivity index (χ0v) is 9.44. The third kappa shape index (κ3) is 3.78. The third-order valence-corrected chi connectivity index (χ3v) is 3.84. The van der Waals surface area contributed by atoms with Gasteiger partial charge in [0.1, 0.15) is 4.34 Å². The minimum Gasteiger partial charge on any atom is -0.235 e. The van der Waals surface area contributed by atoms with Gasteiger partial charge in [0.25, 0.3) is 0 Å². The van der Waals surface area contributed by atoms with Gasteiger partial charge in [-0.2, -0.15) is 0 Å². The zero-order valence-electron chi connectivity index (χ0n) is 7.05. The van der Waals surface area contributed by atoms with Crippen LogP contribution in [0, 0.1) is 6.92 Å². The van der Waals surface area contributed by atoms with Gasteiger partial charge in [0.05, 0.1) is 0 Å². The van der Waals surface area contributed by atoms with E-state index in [-0.39, 0.29) is 0 Å². The van der Waals surface area contributed by atoms with Gasteiger partial charge in [0, 0.05) is 22.7 Å². The molecule has 0 atom stereocenters. The molecule has 0 aromatic carbocycles. The van der Waals surface area contributed by atoms with Crippen LogP contribution in [0.15, 0.2) is 9.72 Å². The lowest BCUT2D eigenvalue weighted by atomic mass is 10.4. The van der Waals surface area contributed by atoms with E-state index in [1.165, 1.54) is 10.8 Å². The number of nitrogens with zero attached hydrogens (tertiary/aromatic N) is 1. The average Bonchev–Trinajstić information content (AvgIpc) is 2.45. The van der Waals surface area contributed by atoms with Gasteiger partial charge in [-0.3, -0.25) is 0 Å². The Kier molecular flexibility index (Phi) is 5.04. The molecule has 0 fully saturated rings. The zero-order chi connectivity index (χ0) is 8.81. The molecule has 1 rings (SSSR count). The lowest BCUT2D eigenvalue weighted by Crippen LogP contribution is -1.81. The Morgan fingerprint density at radius 1 is 1.58 bits per heavy atom. The van der Waals surface area contributed by atoms with Crippen LogP contribution in [0.3, 0.4) is 0 Å². The Labute approximate surface area is 86.5 Å². The second kappa shape index (κ2) is 5.84. The highest BCUT2D eigenvalue weighted by Crippen LogP contribution is 2.23. The minimum atomic E-state index is 0.775. The number of aromatic nitrogens is 1. The lowest BCUT2D eigenvalue weighted by Gasteiger charge is -1.94.